The fourth-order valence-electron chi connectivity index (χ4n) is 3.53. The normalized spacial score (nSPS) is 19.9. The molecule has 0 aromatic heterocycles. The summed E-state index contributed by atoms with van der Waals surface area (Å²) in [5.41, 5.74) is 0.129. The average molecular weight is 476 g/mol. The first-order chi connectivity index (χ1) is 15.6. The molecule has 0 spiro atoms. The minimum absolute atomic E-state index is 0.0511. The molecule has 1 unspecified atom stereocenters. The van der Waals surface area contributed by atoms with Gasteiger partial charge in [0, 0.05) is 19.6 Å². The molecule has 178 valence electrons. The van der Waals surface area contributed by atoms with Gasteiger partial charge in [-0.25, -0.2) is 4.79 Å². The summed E-state index contributed by atoms with van der Waals surface area (Å²) in [6.45, 7) is 5.92. The molecule has 9 nitrogen and oxygen atoms in total. The Bertz CT molecular complexity index is 954. The van der Waals surface area contributed by atoms with Crippen LogP contribution in [-0.4, -0.2) is 71.3 Å². The van der Waals surface area contributed by atoms with Gasteiger partial charge in [0.05, 0.1) is 12.0 Å². The van der Waals surface area contributed by atoms with Crippen molar-refractivity contribution in [2.45, 2.75) is 45.3 Å². The molecule has 1 aromatic carbocycles. The highest BCUT2D eigenvalue weighted by Gasteiger charge is 2.37. The van der Waals surface area contributed by atoms with Gasteiger partial charge in [0.15, 0.2) is 0 Å². The molecule has 2 fully saturated rings. The zero-order valence-corrected chi connectivity index (χ0v) is 20.1. The lowest BCUT2D eigenvalue weighted by molar-refractivity contribution is -0.126. The van der Waals surface area contributed by atoms with E-state index in [9.17, 15) is 19.2 Å². The Balaban J connectivity index is 1.53. The third kappa shape index (κ3) is 6.28. The number of likely N-dealkylation sites (tertiary alicyclic amines) is 1. The summed E-state index contributed by atoms with van der Waals surface area (Å²) in [4.78, 5) is 52.9. The van der Waals surface area contributed by atoms with E-state index in [4.69, 9.17) is 9.47 Å². The predicted molar refractivity (Wildman–Crippen MR) is 125 cm³/mol. The zero-order valence-electron chi connectivity index (χ0n) is 19.3. The molecule has 2 aliphatic heterocycles. The Morgan fingerprint density at radius 1 is 1.21 bits per heavy atom. The summed E-state index contributed by atoms with van der Waals surface area (Å²) < 4.78 is 10.5. The molecule has 0 bridgehead atoms. The highest BCUT2D eigenvalue weighted by molar-refractivity contribution is 8.18. The van der Waals surface area contributed by atoms with Gasteiger partial charge in [-0.1, -0.05) is 12.1 Å². The number of rotatable bonds is 6. The zero-order chi connectivity index (χ0) is 24.2. The van der Waals surface area contributed by atoms with Crippen molar-refractivity contribution in [3.8, 4) is 5.75 Å². The Kier molecular flexibility index (Phi) is 7.68. The van der Waals surface area contributed by atoms with Crippen LogP contribution in [0.15, 0.2) is 29.2 Å². The van der Waals surface area contributed by atoms with E-state index in [-0.39, 0.29) is 24.2 Å². The Morgan fingerprint density at radius 3 is 2.55 bits per heavy atom. The predicted octanol–water partition coefficient (Wildman–Crippen LogP) is 3.25. The number of thioether (sulfide) groups is 1. The standard InChI is InChI=1S/C23H29N3O6S/c1-23(2,3)32-21(29)25-12-5-6-17(25)19(27)24-11-13-26-20(28)18(33-22(26)30)14-15-7-9-16(31-4)10-8-15/h7-10,14,17H,5-6,11-13H2,1-4H3,(H,24,27). The first-order valence-corrected chi connectivity index (χ1v) is 11.6. The van der Waals surface area contributed by atoms with Crippen molar-refractivity contribution in [1.29, 1.82) is 0 Å². The SMILES string of the molecule is COc1ccc(C=C2SC(=O)N(CCNC(=O)C3CCCN3C(=O)OC(C)(C)C)C2=O)cc1. The van der Waals surface area contributed by atoms with Crippen LogP contribution in [0.2, 0.25) is 0 Å². The number of hydrogen-bond donors (Lipinski definition) is 1. The largest absolute Gasteiger partial charge is 0.497 e. The van der Waals surface area contributed by atoms with Gasteiger partial charge < -0.3 is 14.8 Å². The Labute approximate surface area is 197 Å². The van der Waals surface area contributed by atoms with E-state index in [1.165, 1.54) is 4.90 Å². The van der Waals surface area contributed by atoms with E-state index in [1.807, 2.05) is 0 Å². The van der Waals surface area contributed by atoms with Crippen molar-refractivity contribution in [3.63, 3.8) is 0 Å². The Hall–Kier alpha value is -3.01. The second-order valence-corrected chi connectivity index (χ2v) is 9.72. The molecular weight excluding hydrogens is 446 g/mol. The van der Waals surface area contributed by atoms with Crippen LogP contribution in [0.1, 0.15) is 39.2 Å². The number of imide groups is 1. The summed E-state index contributed by atoms with van der Waals surface area (Å²) in [5.74, 6) is -0.0195. The summed E-state index contributed by atoms with van der Waals surface area (Å²) in [6, 6.07) is 6.52. The van der Waals surface area contributed by atoms with Crippen molar-refractivity contribution in [3.05, 3.63) is 34.7 Å². The topological polar surface area (TPSA) is 105 Å². The van der Waals surface area contributed by atoms with Crippen LogP contribution in [0.25, 0.3) is 6.08 Å². The van der Waals surface area contributed by atoms with Crippen molar-refractivity contribution >= 4 is 41.0 Å². The fraction of sp³-hybridized carbons (Fsp3) is 0.478. The first kappa shape index (κ1) is 24.6. The number of amides is 4. The van der Waals surface area contributed by atoms with Crippen LogP contribution in [0.5, 0.6) is 5.75 Å². The van der Waals surface area contributed by atoms with Crippen LogP contribution in [0.3, 0.4) is 0 Å². The van der Waals surface area contributed by atoms with Gasteiger partial charge in [0.1, 0.15) is 17.4 Å². The summed E-state index contributed by atoms with van der Waals surface area (Å²) in [6.07, 6.45) is 2.38. The minimum Gasteiger partial charge on any atom is -0.497 e. The second kappa shape index (κ2) is 10.3. The highest BCUT2D eigenvalue weighted by atomic mass is 32.2. The van der Waals surface area contributed by atoms with E-state index in [2.05, 4.69) is 5.32 Å². The van der Waals surface area contributed by atoms with Crippen LogP contribution >= 0.6 is 11.8 Å². The smallest absolute Gasteiger partial charge is 0.410 e. The number of methoxy groups -OCH3 is 1. The molecule has 10 heteroatoms. The van der Waals surface area contributed by atoms with Gasteiger partial charge >= 0.3 is 6.09 Å². The molecular formula is C23H29N3O6S. The molecule has 0 aliphatic carbocycles. The maximum Gasteiger partial charge on any atom is 0.410 e. The number of nitrogens with one attached hydrogen (secondary N) is 1. The van der Waals surface area contributed by atoms with E-state index in [0.717, 1.165) is 22.2 Å². The lowest BCUT2D eigenvalue weighted by Crippen LogP contribution is -2.49. The molecule has 2 aliphatic rings. The van der Waals surface area contributed by atoms with Crippen molar-refractivity contribution in [2.24, 2.45) is 0 Å². The van der Waals surface area contributed by atoms with E-state index >= 15 is 0 Å². The molecule has 0 saturated carbocycles. The van der Waals surface area contributed by atoms with Gasteiger partial charge in [-0.2, -0.15) is 0 Å². The van der Waals surface area contributed by atoms with Crippen LogP contribution in [-0.2, 0) is 14.3 Å². The first-order valence-electron chi connectivity index (χ1n) is 10.8. The Morgan fingerprint density at radius 2 is 1.91 bits per heavy atom. The van der Waals surface area contributed by atoms with Gasteiger partial charge in [-0.3, -0.25) is 24.2 Å². The third-order valence-corrected chi connectivity index (χ3v) is 6.01. The maximum absolute atomic E-state index is 12.7. The minimum atomic E-state index is -0.647. The molecule has 2 saturated heterocycles. The number of carbonyl (C=O) groups excluding carboxylic acids is 4. The molecule has 4 amide bonds. The number of ether oxygens (including phenoxy) is 2. The number of carbonyl (C=O) groups is 4. The van der Waals surface area contributed by atoms with Gasteiger partial charge in [-0.05, 0) is 69.1 Å². The van der Waals surface area contributed by atoms with E-state index < -0.39 is 23.6 Å². The average Bonchev–Trinajstić information content (AvgIpc) is 3.34. The van der Waals surface area contributed by atoms with Gasteiger partial charge in [0.25, 0.3) is 11.1 Å². The lowest BCUT2D eigenvalue weighted by Gasteiger charge is -2.28. The maximum atomic E-state index is 12.7. The fourth-order valence-corrected chi connectivity index (χ4v) is 4.40. The van der Waals surface area contributed by atoms with Crippen molar-refractivity contribution < 1.29 is 28.7 Å². The third-order valence-electron chi connectivity index (χ3n) is 5.11. The molecule has 33 heavy (non-hydrogen) atoms. The summed E-state index contributed by atoms with van der Waals surface area (Å²) >= 11 is 0.865. The van der Waals surface area contributed by atoms with Crippen molar-refractivity contribution in [1.82, 2.24) is 15.1 Å². The van der Waals surface area contributed by atoms with Gasteiger partial charge in [-0.15, -0.1) is 0 Å². The molecule has 1 N–H and O–H groups in total. The highest BCUT2D eigenvalue weighted by Crippen LogP contribution is 2.32. The van der Waals surface area contributed by atoms with Gasteiger partial charge in [0.2, 0.25) is 5.91 Å². The van der Waals surface area contributed by atoms with Crippen LogP contribution in [0.4, 0.5) is 9.59 Å². The van der Waals surface area contributed by atoms with Crippen LogP contribution in [0, 0.1) is 0 Å². The monoisotopic (exact) mass is 475 g/mol. The molecule has 2 heterocycles. The molecule has 1 atom stereocenters. The molecule has 0 radical (unpaired) electrons. The van der Waals surface area contributed by atoms with Crippen molar-refractivity contribution in [2.75, 3.05) is 26.7 Å². The molecule has 1 aromatic rings. The summed E-state index contributed by atoms with van der Waals surface area (Å²) in [5, 5.41) is 2.36. The van der Waals surface area contributed by atoms with E-state index in [0.29, 0.717) is 30.0 Å². The lowest BCUT2D eigenvalue weighted by atomic mass is 10.2. The van der Waals surface area contributed by atoms with Crippen LogP contribution < -0.4 is 10.1 Å². The number of nitrogens with zero attached hydrogens (tertiary/aromatic N) is 2. The second-order valence-electron chi connectivity index (χ2n) is 8.73. The number of benzene rings is 1. The quantitative estimate of drug-likeness (QED) is 0.630. The number of hydrogen-bond acceptors (Lipinski definition) is 7. The summed E-state index contributed by atoms with van der Waals surface area (Å²) in [7, 11) is 1.57. The van der Waals surface area contributed by atoms with E-state index in [1.54, 1.807) is 58.2 Å². The molecule has 3 rings (SSSR count).